The maximum absolute atomic E-state index is 13.2. The summed E-state index contributed by atoms with van der Waals surface area (Å²) in [7, 11) is 1.82. The van der Waals surface area contributed by atoms with Crippen molar-refractivity contribution in [3.05, 3.63) is 89.6 Å². The SMILES string of the molecule is CN1CCN(c2ccc(NC(=O)[C@H](NCCc3ccc(C#N)cc3)c3ccccc3)nc2)CCC1=O. The van der Waals surface area contributed by atoms with E-state index in [0.29, 0.717) is 37.4 Å². The van der Waals surface area contributed by atoms with Crippen LogP contribution in [0.5, 0.6) is 0 Å². The van der Waals surface area contributed by atoms with Crippen molar-refractivity contribution < 1.29 is 9.59 Å². The molecule has 0 unspecified atom stereocenters. The number of nitriles is 1. The lowest BCUT2D eigenvalue weighted by Gasteiger charge is -2.22. The predicted octanol–water partition coefficient (Wildman–Crippen LogP) is 3.13. The van der Waals surface area contributed by atoms with E-state index in [2.05, 4.69) is 26.6 Å². The van der Waals surface area contributed by atoms with Crippen LogP contribution in [0.2, 0.25) is 0 Å². The summed E-state index contributed by atoms with van der Waals surface area (Å²) in [5.41, 5.74) is 3.51. The molecule has 1 aliphatic heterocycles. The third-order valence-electron chi connectivity index (χ3n) is 6.33. The Hall–Kier alpha value is -4.22. The number of anilines is 2. The first-order valence-corrected chi connectivity index (χ1v) is 12.1. The number of aromatic nitrogens is 1. The van der Waals surface area contributed by atoms with Gasteiger partial charge in [-0.05, 0) is 41.8 Å². The molecule has 0 saturated carbocycles. The lowest BCUT2D eigenvalue weighted by atomic mass is 10.1. The summed E-state index contributed by atoms with van der Waals surface area (Å²) < 4.78 is 0. The summed E-state index contributed by atoms with van der Waals surface area (Å²) in [6.07, 6.45) is 2.94. The summed E-state index contributed by atoms with van der Waals surface area (Å²) in [6, 6.07) is 22.4. The number of likely N-dealkylation sites (N-methyl/N-ethyl adjacent to an activating group) is 1. The van der Waals surface area contributed by atoms with Gasteiger partial charge in [-0.3, -0.25) is 9.59 Å². The van der Waals surface area contributed by atoms with Gasteiger partial charge in [-0.15, -0.1) is 0 Å². The molecule has 1 atom stereocenters. The van der Waals surface area contributed by atoms with Crippen LogP contribution in [0.15, 0.2) is 72.9 Å². The van der Waals surface area contributed by atoms with Crippen LogP contribution in [0.1, 0.15) is 29.2 Å². The van der Waals surface area contributed by atoms with Crippen LogP contribution in [0.25, 0.3) is 0 Å². The monoisotopic (exact) mass is 482 g/mol. The molecule has 0 aliphatic carbocycles. The number of nitrogens with zero attached hydrogens (tertiary/aromatic N) is 4. The van der Waals surface area contributed by atoms with Gasteiger partial charge in [0.2, 0.25) is 11.8 Å². The Morgan fingerprint density at radius 1 is 1.06 bits per heavy atom. The Balaban J connectivity index is 1.39. The van der Waals surface area contributed by atoms with E-state index < -0.39 is 6.04 Å². The van der Waals surface area contributed by atoms with Crippen molar-refractivity contribution in [2.24, 2.45) is 0 Å². The average molecular weight is 483 g/mol. The summed E-state index contributed by atoms with van der Waals surface area (Å²) in [5.74, 6) is 0.429. The molecule has 1 aliphatic rings. The average Bonchev–Trinajstić information content (AvgIpc) is 3.08. The van der Waals surface area contributed by atoms with E-state index in [0.717, 1.165) is 29.8 Å². The van der Waals surface area contributed by atoms with E-state index in [1.165, 1.54) is 0 Å². The number of pyridine rings is 1. The highest BCUT2D eigenvalue weighted by atomic mass is 16.2. The highest BCUT2D eigenvalue weighted by Gasteiger charge is 2.21. The number of rotatable bonds is 8. The number of hydrogen-bond acceptors (Lipinski definition) is 6. The molecule has 1 aromatic heterocycles. The Bertz CT molecular complexity index is 1210. The molecule has 2 aromatic carbocycles. The minimum absolute atomic E-state index is 0.146. The number of hydrogen-bond donors (Lipinski definition) is 2. The topological polar surface area (TPSA) is 101 Å². The Morgan fingerprint density at radius 3 is 2.53 bits per heavy atom. The van der Waals surface area contributed by atoms with E-state index in [9.17, 15) is 9.59 Å². The van der Waals surface area contributed by atoms with Crippen LogP contribution >= 0.6 is 0 Å². The fraction of sp³-hybridized carbons (Fsp3) is 0.286. The number of carbonyl (C=O) groups is 2. The van der Waals surface area contributed by atoms with Gasteiger partial charge in [-0.25, -0.2) is 4.98 Å². The molecule has 184 valence electrons. The van der Waals surface area contributed by atoms with Crippen LogP contribution in [0.3, 0.4) is 0 Å². The summed E-state index contributed by atoms with van der Waals surface area (Å²) in [5, 5.41) is 15.3. The van der Waals surface area contributed by atoms with Gasteiger partial charge in [-0.1, -0.05) is 42.5 Å². The molecule has 3 aromatic rings. The van der Waals surface area contributed by atoms with Gasteiger partial charge in [0, 0.05) is 39.6 Å². The summed E-state index contributed by atoms with van der Waals surface area (Å²) >= 11 is 0. The number of carbonyl (C=O) groups excluding carboxylic acids is 2. The van der Waals surface area contributed by atoms with Gasteiger partial charge in [0.25, 0.3) is 0 Å². The van der Waals surface area contributed by atoms with Crippen molar-refractivity contribution in [3.8, 4) is 6.07 Å². The van der Waals surface area contributed by atoms with Crippen LogP contribution in [-0.4, -0.2) is 54.9 Å². The fourth-order valence-electron chi connectivity index (χ4n) is 4.15. The maximum Gasteiger partial charge on any atom is 0.247 e. The smallest absolute Gasteiger partial charge is 0.247 e. The zero-order valence-electron chi connectivity index (χ0n) is 20.4. The number of benzene rings is 2. The Kier molecular flexibility index (Phi) is 8.27. The first-order valence-electron chi connectivity index (χ1n) is 12.1. The van der Waals surface area contributed by atoms with E-state index in [-0.39, 0.29) is 11.8 Å². The number of amides is 2. The van der Waals surface area contributed by atoms with Gasteiger partial charge < -0.3 is 20.4 Å². The van der Waals surface area contributed by atoms with Crippen molar-refractivity contribution in [2.75, 3.05) is 43.4 Å². The standard InChI is InChI=1S/C28H30N6O2/c1-33-17-18-34(16-14-26(33)35)24-11-12-25(31-20-24)32-28(36)27(23-5-3-2-4-6-23)30-15-13-21-7-9-22(19-29)10-8-21/h2-12,20,27,30H,13-18H2,1H3,(H,31,32,36)/t27-/m1/s1. The van der Waals surface area contributed by atoms with Gasteiger partial charge in [-0.2, -0.15) is 5.26 Å². The first kappa shape index (κ1) is 24.9. The van der Waals surface area contributed by atoms with Crippen molar-refractivity contribution in [1.82, 2.24) is 15.2 Å². The molecule has 36 heavy (non-hydrogen) atoms. The molecule has 0 spiro atoms. The minimum atomic E-state index is -0.543. The van der Waals surface area contributed by atoms with Crippen molar-refractivity contribution in [3.63, 3.8) is 0 Å². The molecular formula is C28H30N6O2. The molecular weight excluding hydrogens is 452 g/mol. The highest BCUT2D eigenvalue weighted by Crippen LogP contribution is 2.19. The molecule has 2 N–H and O–H groups in total. The van der Waals surface area contributed by atoms with Crippen LogP contribution < -0.4 is 15.5 Å². The van der Waals surface area contributed by atoms with Crippen molar-refractivity contribution in [2.45, 2.75) is 18.9 Å². The fourth-order valence-corrected chi connectivity index (χ4v) is 4.15. The molecule has 1 fully saturated rings. The first-order chi connectivity index (χ1) is 17.5. The maximum atomic E-state index is 13.2. The van der Waals surface area contributed by atoms with Crippen LogP contribution in [-0.2, 0) is 16.0 Å². The second-order valence-corrected chi connectivity index (χ2v) is 8.80. The Morgan fingerprint density at radius 2 is 1.83 bits per heavy atom. The third-order valence-corrected chi connectivity index (χ3v) is 6.33. The largest absolute Gasteiger partial charge is 0.368 e. The lowest BCUT2D eigenvalue weighted by molar-refractivity contribution is -0.129. The molecule has 0 radical (unpaired) electrons. The zero-order chi connectivity index (χ0) is 25.3. The van der Waals surface area contributed by atoms with E-state index in [4.69, 9.17) is 5.26 Å². The van der Waals surface area contributed by atoms with E-state index >= 15 is 0 Å². The molecule has 0 bridgehead atoms. The van der Waals surface area contributed by atoms with Gasteiger partial charge in [0.15, 0.2) is 0 Å². The van der Waals surface area contributed by atoms with Crippen molar-refractivity contribution in [1.29, 1.82) is 5.26 Å². The van der Waals surface area contributed by atoms with E-state index in [1.54, 1.807) is 29.3 Å². The minimum Gasteiger partial charge on any atom is -0.368 e. The zero-order valence-corrected chi connectivity index (χ0v) is 20.4. The Labute approximate surface area is 211 Å². The highest BCUT2D eigenvalue weighted by molar-refractivity contribution is 5.94. The van der Waals surface area contributed by atoms with Crippen molar-refractivity contribution >= 4 is 23.3 Å². The molecule has 8 heteroatoms. The van der Waals surface area contributed by atoms with Crippen LogP contribution in [0, 0.1) is 11.3 Å². The second kappa shape index (κ2) is 12.0. The molecule has 8 nitrogen and oxygen atoms in total. The lowest BCUT2D eigenvalue weighted by Crippen LogP contribution is -2.34. The van der Waals surface area contributed by atoms with Gasteiger partial charge >= 0.3 is 0 Å². The predicted molar refractivity (Wildman–Crippen MR) is 139 cm³/mol. The van der Waals surface area contributed by atoms with Crippen LogP contribution in [0.4, 0.5) is 11.5 Å². The summed E-state index contributed by atoms with van der Waals surface area (Å²) in [6.45, 7) is 2.66. The molecule has 1 saturated heterocycles. The molecule has 2 heterocycles. The summed E-state index contributed by atoms with van der Waals surface area (Å²) in [4.78, 5) is 33.5. The van der Waals surface area contributed by atoms with Gasteiger partial charge in [0.05, 0.1) is 23.5 Å². The van der Waals surface area contributed by atoms with E-state index in [1.807, 2.05) is 55.6 Å². The molecule has 4 rings (SSSR count). The quantitative estimate of drug-likeness (QED) is 0.512. The normalized spacial score (nSPS) is 14.6. The molecule has 2 amide bonds. The van der Waals surface area contributed by atoms with Gasteiger partial charge in [0.1, 0.15) is 11.9 Å². The number of nitrogens with one attached hydrogen (secondary N) is 2. The second-order valence-electron chi connectivity index (χ2n) is 8.80. The third kappa shape index (κ3) is 6.46.